The van der Waals surface area contributed by atoms with Crippen molar-refractivity contribution in [1.29, 1.82) is 0 Å². The van der Waals surface area contributed by atoms with Crippen LogP contribution in [0.15, 0.2) is 0 Å². The molecule has 1 rings (SSSR count). The second-order valence-corrected chi connectivity index (χ2v) is 2.95. The zero-order chi connectivity index (χ0) is 8.27. The van der Waals surface area contributed by atoms with Crippen molar-refractivity contribution in [2.24, 2.45) is 11.7 Å². The highest BCUT2D eigenvalue weighted by atomic mass is 35.5. The fraction of sp³-hybridized carbons (Fsp3) is 0.875. The smallest absolute Gasteiger partial charge is 0.310 e. The normalized spacial score (nSPS) is 27.8. The number of hydrogen-bond acceptors (Lipinski definition) is 3. The molecular weight excluding hydrogens is 178 g/mol. The van der Waals surface area contributed by atoms with Crippen LogP contribution in [-0.4, -0.2) is 18.6 Å². The summed E-state index contributed by atoms with van der Waals surface area (Å²) in [6, 6.07) is 0.0362. The zero-order valence-corrected chi connectivity index (χ0v) is 8.10. The Balaban J connectivity index is 0.00000121. The lowest BCUT2D eigenvalue weighted by molar-refractivity contribution is -0.148. The van der Waals surface area contributed by atoms with Gasteiger partial charge in [0.2, 0.25) is 0 Å². The summed E-state index contributed by atoms with van der Waals surface area (Å²) in [6.45, 7) is 2.28. The molecule has 2 N–H and O–H groups in total. The first-order chi connectivity index (χ1) is 5.25. The Morgan fingerprint density at radius 1 is 1.58 bits per heavy atom. The number of halogens is 1. The van der Waals surface area contributed by atoms with E-state index < -0.39 is 0 Å². The third kappa shape index (κ3) is 2.64. The van der Waals surface area contributed by atoms with Crippen molar-refractivity contribution >= 4 is 18.4 Å². The fourth-order valence-electron chi connectivity index (χ4n) is 1.53. The highest BCUT2D eigenvalue weighted by Crippen LogP contribution is 2.24. The van der Waals surface area contributed by atoms with Gasteiger partial charge in [-0.2, -0.15) is 0 Å². The number of carbonyl (C=O) groups excluding carboxylic acids is 1. The van der Waals surface area contributed by atoms with Gasteiger partial charge in [-0.15, -0.1) is 12.4 Å². The summed E-state index contributed by atoms with van der Waals surface area (Å²) in [5.41, 5.74) is 5.71. The minimum absolute atomic E-state index is 0. The van der Waals surface area contributed by atoms with Crippen molar-refractivity contribution in [3.05, 3.63) is 0 Å². The maximum absolute atomic E-state index is 11.2. The molecule has 0 radical (unpaired) electrons. The molecule has 0 aromatic carbocycles. The quantitative estimate of drug-likeness (QED) is 0.669. The molecule has 1 aliphatic rings. The van der Waals surface area contributed by atoms with Crippen LogP contribution >= 0.6 is 12.4 Å². The summed E-state index contributed by atoms with van der Waals surface area (Å²) in [4.78, 5) is 11.2. The molecule has 0 saturated heterocycles. The topological polar surface area (TPSA) is 52.3 Å². The summed E-state index contributed by atoms with van der Waals surface area (Å²) in [6.07, 6.45) is 2.92. The van der Waals surface area contributed by atoms with Crippen LogP contribution in [-0.2, 0) is 9.53 Å². The number of carbonyl (C=O) groups is 1. The van der Waals surface area contributed by atoms with Gasteiger partial charge >= 0.3 is 5.97 Å². The van der Waals surface area contributed by atoms with Crippen LogP contribution in [0.3, 0.4) is 0 Å². The maximum Gasteiger partial charge on any atom is 0.310 e. The molecule has 1 saturated carbocycles. The molecule has 0 bridgehead atoms. The fourth-order valence-corrected chi connectivity index (χ4v) is 1.53. The predicted molar refractivity (Wildman–Crippen MR) is 49.2 cm³/mol. The van der Waals surface area contributed by atoms with E-state index in [4.69, 9.17) is 10.5 Å². The second kappa shape index (κ2) is 5.38. The van der Waals surface area contributed by atoms with E-state index in [-0.39, 0.29) is 30.3 Å². The zero-order valence-electron chi connectivity index (χ0n) is 7.29. The van der Waals surface area contributed by atoms with Gasteiger partial charge in [-0.25, -0.2) is 0 Å². The van der Waals surface area contributed by atoms with Crippen LogP contribution in [0.1, 0.15) is 26.2 Å². The van der Waals surface area contributed by atoms with Gasteiger partial charge in [0.1, 0.15) is 0 Å². The van der Waals surface area contributed by atoms with Gasteiger partial charge in [-0.1, -0.05) is 6.42 Å². The minimum Gasteiger partial charge on any atom is -0.466 e. The molecule has 0 spiro atoms. The first kappa shape index (κ1) is 11.7. The Hall–Kier alpha value is -0.280. The molecule has 72 valence electrons. The summed E-state index contributed by atoms with van der Waals surface area (Å²) < 4.78 is 4.88. The number of rotatable bonds is 2. The molecule has 0 unspecified atom stereocenters. The standard InChI is InChI=1S/C8H15NO2.ClH/c1-2-11-8(10)6-4-3-5-7(6)9;/h6-7H,2-5,9H2,1H3;1H/t6-,7+;/m0./s1. The first-order valence-electron chi connectivity index (χ1n) is 4.18. The lowest BCUT2D eigenvalue weighted by atomic mass is 10.1. The number of esters is 1. The molecule has 2 atom stereocenters. The van der Waals surface area contributed by atoms with Crippen LogP contribution < -0.4 is 5.73 Å². The number of ether oxygens (including phenoxy) is 1. The number of nitrogens with two attached hydrogens (primary N) is 1. The van der Waals surface area contributed by atoms with Crippen molar-refractivity contribution in [3.63, 3.8) is 0 Å². The Kier molecular flexibility index (Phi) is 5.25. The SMILES string of the molecule is CCOC(=O)[C@H]1CCC[C@H]1N.Cl. The third-order valence-electron chi connectivity index (χ3n) is 2.16. The van der Waals surface area contributed by atoms with Gasteiger partial charge in [-0.05, 0) is 19.8 Å². The van der Waals surface area contributed by atoms with E-state index in [1.165, 1.54) is 0 Å². The summed E-state index contributed by atoms with van der Waals surface area (Å²) in [5, 5.41) is 0. The van der Waals surface area contributed by atoms with Crippen molar-refractivity contribution < 1.29 is 9.53 Å². The molecule has 0 heterocycles. The van der Waals surface area contributed by atoms with E-state index in [9.17, 15) is 4.79 Å². The molecule has 12 heavy (non-hydrogen) atoms. The maximum atomic E-state index is 11.2. The lowest BCUT2D eigenvalue weighted by Crippen LogP contribution is -2.31. The van der Waals surface area contributed by atoms with Gasteiger partial charge in [0.25, 0.3) is 0 Å². The average molecular weight is 194 g/mol. The third-order valence-corrected chi connectivity index (χ3v) is 2.16. The average Bonchev–Trinajstić information content (AvgIpc) is 2.36. The van der Waals surface area contributed by atoms with E-state index in [0.29, 0.717) is 6.61 Å². The van der Waals surface area contributed by atoms with E-state index in [1.807, 2.05) is 6.92 Å². The van der Waals surface area contributed by atoms with Gasteiger partial charge in [0.05, 0.1) is 12.5 Å². The van der Waals surface area contributed by atoms with Crippen molar-refractivity contribution in [2.75, 3.05) is 6.61 Å². The predicted octanol–water partition coefficient (Wildman–Crippen LogP) is 1.10. The molecule has 0 aliphatic heterocycles. The largest absolute Gasteiger partial charge is 0.466 e. The van der Waals surface area contributed by atoms with Crippen molar-refractivity contribution in [2.45, 2.75) is 32.2 Å². The van der Waals surface area contributed by atoms with Gasteiger partial charge in [-0.3, -0.25) is 4.79 Å². The molecule has 1 fully saturated rings. The van der Waals surface area contributed by atoms with Crippen LogP contribution in [0, 0.1) is 5.92 Å². The Bertz CT molecular complexity index is 152. The molecule has 3 nitrogen and oxygen atoms in total. The molecule has 0 aromatic heterocycles. The van der Waals surface area contributed by atoms with Gasteiger partial charge in [0.15, 0.2) is 0 Å². The summed E-state index contributed by atoms with van der Waals surface area (Å²) in [7, 11) is 0. The summed E-state index contributed by atoms with van der Waals surface area (Å²) in [5.74, 6) is -0.146. The molecule has 0 amide bonds. The number of hydrogen-bond donors (Lipinski definition) is 1. The highest BCUT2D eigenvalue weighted by molar-refractivity contribution is 5.85. The van der Waals surface area contributed by atoms with E-state index >= 15 is 0 Å². The monoisotopic (exact) mass is 193 g/mol. The van der Waals surface area contributed by atoms with Crippen LogP contribution in [0.25, 0.3) is 0 Å². The van der Waals surface area contributed by atoms with E-state index in [0.717, 1.165) is 19.3 Å². The van der Waals surface area contributed by atoms with E-state index in [1.54, 1.807) is 0 Å². The Morgan fingerprint density at radius 2 is 2.25 bits per heavy atom. The first-order valence-corrected chi connectivity index (χ1v) is 4.18. The van der Waals surface area contributed by atoms with Crippen molar-refractivity contribution in [3.8, 4) is 0 Å². The Labute approximate surface area is 79.1 Å². The second-order valence-electron chi connectivity index (χ2n) is 2.95. The van der Waals surface area contributed by atoms with Gasteiger partial charge in [0, 0.05) is 6.04 Å². The van der Waals surface area contributed by atoms with E-state index in [2.05, 4.69) is 0 Å². The molecular formula is C8H16ClNO2. The molecule has 4 heteroatoms. The molecule has 1 aliphatic carbocycles. The highest BCUT2D eigenvalue weighted by Gasteiger charge is 2.31. The van der Waals surface area contributed by atoms with Crippen LogP contribution in [0.2, 0.25) is 0 Å². The Morgan fingerprint density at radius 3 is 2.67 bits per heavy atom. The molecule has 0 aromatic rings. The van der Waals surface area contributed by atoms with Crippen molar-refractivity contribution in [1.82, 2.24) is 0 Å². The summed E-state index contributed by atoms with van der Waals surface area (Å²) >= 11 is 0. The minimum atomic E-state index is -0.113. The van der Waals surface area contributed by atoms with Crippen LogP contribution in [0.5, 0.6) is 0 Å². The lowest BCUT2D eigenvalue weighted by Gasteiger charge is -2.12. The van der Waals surface area contributed by atoms with Crippen LogP contribution in [0.4, 0.5) is 0 Å². The van der Waals surface area contributed by atoms with Gasteiger partial charge < -0.3 is 10.5 Å².